The molecule has 160 valence electrons. The number of hydrogen-bond donors (Lipinski definition) is 1. The lowest BCUT2D eigenvalue weighted by Gasteiger charge is -2.15. The summed E-state index contributed by atoms with van der Waals surface area (Å²) in [7, 11) is 0. The minimum absolute atomic E-state index is 0.109. The maximum atomic E-state index is 12.9. The molecular formula is C23H17ClF3NO3. The average molecular weight is 448 g/mol. The molecule has 1 unspecified atom stereocenters. The zero-order valence-corrected chi connectivity index (χ0v) is 16.8. The van der Waals surface area contributed by atoms with Gasteiger partial charge in [-0.15, -0.1) is 0 Å². The number of aliphatic hydroxyl groups is 1. The van der Waals surface area contributed by atoms with Gasteiger partial charge in [0.2, 0.25) is 0 Å². The second-order valence-electron chi connectivity index (χ2n) is 6.62. The van der Waals surface area contributed by atoms with Crippen LogP contribution >= 0.6 is 11.6 Å². The Morgan fingerprint density at radius 2 is 1.90 bits per heavy atom. The number of halogens is 4. The topological polar surface area (TPSA) is 59.4 Å². The minimum atomic E-state index is -4.51. The minimum Gasteiger partial charge on any atom is -0.457 e. The van der Waals surface area contributed by atoms with Crippen LogP contribution in [0.25, 0.3) is 6.08 Å². The zero-order chi connectivity index (χ0) is 22.4. The smallest absolute Gasteiger partial charge is 0.416 e. The summed E-state index contributed by atoms with van der Waals surface area (Å²) in [4.78, 5) is 16.7. The van der Waals surface area contributed by atoms with Crippen LogP contribution in [0.2, 0.25) is 5.02 Å². The number of aliphatic hydroxyl groups excluding tert-OH is 1. The molecule has 0 aliphatic carbocycles. The normalized spacial score (nSPS) is 13.0. The van der Waals surface area contributed by atoms with Crippen LogP contribution in [0, 0.1) is 0 Å². The number of hydrogen-bond acceptors (Lipinski definition) is 4. The molecule has 0 saturated carbocycles. The van der Waals surface area contributed by atoms with Crippen LogP contribution in [-0.2, 0) is 22.3 Å². The van der Waals surface area contributed by atoms with Gasteiger partial charge in [0, 0.05) is 23.0 Å². The van der Waals surface area contributed by atoms with E-state index in [1.54, 1.807) is 36.4 Å². The van der Waals surface area contributed by atoms with E-state index in [2.05, 4.69) is 4.98 Å². The van der Waals surface area contributed by atoms with E-state index in [1.165, 1.54) is 30.6 Å². The summed E-state index contributed by atoms with van der Waals surface area (Å²) in [6.07, 6.45) is -1.53. The highest BCUT2D eigenvalue weighted by Gasteiger charge is 2.30. The van der Waals surface area contributed by atoms with Crippen molar-refractivity contribution < 1.29 is 27.8 Å². The van der Waals surface area contributed by atoms with Crippen LogP contribution in [0.3, 0.4) is 0 Å². The van der Waals surface area contributed by atoms with Crippen LogP contribution in [0.15, 0.2) is 78.6 Å². The molecule has 0 spiro atoms. The highest BCUT2D eigenvalue weighted by molar-refractivity contribution is 6.30. The average Bonchev–Trinajstić information content (AvgIpc) is 2.75. The fourth-order valence-electron chi connectivity index (χ4n) is 2.81. The number of nitrogens with zero attached hydrogens (tertiary/aromatic N) is 1. The van der Waals surface area contributed by atoms with E-state index in [1.807, 2.05) is 0 Å². The van der Waals surface area contributed by atoms with Gasteiger partial charge in [0.1, 0.15) is 12.7 Å². The van der Waals surface area contributed by atoms with Gasteiger partial charge in [-0.1, -0.05) is 41.9 Å². The third kappa shape index (κ3) is 6.16. The van der Waals surface area contributed by atoms with Crippen molar-refractivity contribution in [2.24, 2.45) is 0 Å². The van der Waals surface area contributed by atoms with Crippen molar-refractivity contribution in [2.75, 3.05) is 0 Å². The Kier molecular flexibility index (Phi) is 7.09. The molecule has 0 radical (unpaired) electrons. The van der Waals surface area contributed by atoms with Gasteiger partial charge < -0.3 is 9.84 Å². The van der Waals surface area contributed by atoms with Crippen molar-refractivity contribution in [2.45, 2.75) is 18.9 Å². The van der Waals surface area contributed by atoms with Crippen molar-refractivity contribution in [1.29, 1.82) is 0 Å². The number of carbonyl (C=O) groups excluding carboxylic acids is 1. The van der Waals surface area contributed by atoms with Crippen molar-refractivity contribution in [3.63, 3.8) is 0 Å². The summed E-state index contributed by atoms with van der Waals surface area (Å²) in [5.41, 5.74) is 0.114. The van der Waals surface area contributed by atoms with Crippen molar-refractivity contribution >= 4 is 23.6 Å². The Labute approximate surface area is 181 Å². The van der Waals surface area contributed by atoms with E-state index in [-0.39, 0.29) is 11.1 Å². The highest BCUT2D eigenvalue weighted by Crippen LogP contribution is 2.30. The summed E-state index contributed by atoms with van der Waals surface area (Å²) < 4.78 is 43.9. The second kappa shape index (κ2) is 9.76. The van der Waals surface area contributed by atoms with Gasteiger partial charge in [0.15, 0.2) is 0 Å². The first-order chi connectivity index (χ1) is 14.7. The van der Waals surface area contributed by atoms with Crippen molar-refractivity contribution in [3.05, 3.63) is 106 Å². The largest absolute Gasteiger partial charge is 0.457 e. The van der Waals surface area contributed by atoms with Crippen LogP contribution in [0.1, 0.15) is 28.4 Å². The lowest BCUT2D eigenvalue weighted by molar-refractivity contribution is -0.141. The van der Waals surface area contributed by atoms with Crippen molar-refractivity contribution in [3.8, 4) is 0 Å². The standard InChI is InChI=1S/C23H17ClF3NO3/c24-19-8-2-4-15(11-19)12-20(21(29)17-6-3-9-28-13-17)22(30)31-14-16-5-1-7-18(10-16)23(25,26)27/h1-13,21,29H,14H2/b20-12-. The SMILES string of the molecule is O=C(OCc1cccc(C(F)(F)F)c1)/C(=C\c1cccc(Cl)c1)C(O)c1cccnc1. The Hall–Kier alpha value is -3.16. The van der Waals surface area contributed by atoms with Crippen LogP contribution in [0.5, 0.6) is 0 Å². The summed E-state index contributed by atoms with van der Waals surface area (Å²) in [5.74, 6) is -0.881. The van der Waals surface area contributed by atoms with E-state index in [0.29, 0.717) is 16.1 Å². The first-order valence-electron chi connectivity index (χ1n) is 9.12. The molecule has 1 N–H and O–H groups in total. The van der Waals surface area contributed by atoms with Gasteiger partial charge in [-0.3, -0.25) is 4.98 Å². The number of aromatic nitrogens is 1. The molecule has 31 heavy (non-hydrogen) atoms. The van der Waals surface area contributed by atoms with E-state index < -0.39 is 30.4 Å². The number of alkyl halides is 3. The van der Waals surface area contributed by atoms with Crippen LogP contribution < -0.4 is 0 Å². The van der Waals surface area contributed by atoms with Gasteiger partial charge in [-0.05, 0) is 47.5 Å². The molecular weight excluding hydrogens is 431 g/mol. The Bertz CT molecular complexity index is 1080. The first kappa shape index (κ1) is 22.5. The first-order valence-corrected chi connectivity index (χ1v) is 9.50. The fraction of sp³-hybridized carbons (Fsp3) is 0.130. The monoisotopic (exact) mass is 447 g/mol. The zero-order valence-electron chi connectivity index (χ0n) is 16.0. The number of ether oxygens (including phenoxy) is 1. The van der Waals surface area contributed by atoms with Gasteiger partial charge in [0.25, 0.3) is 0 Å². The number of benzene rings is 2. The highest BCUT2D eigenvalue weighted by atomic mass is 35.5. The lowest BCUT2D eigenvalue weighted by Crippen LogP contribution is -2.15. The summed E-state index contributed by atoms with van der Waals surface area (Å²) in [6.45, 7) is -0.393. The molecule has 1 aromatic heterocycles. The maximum absolute atomic E-state index is 12.9. The van der Waals surface area contributed by atoms with E-state index in [4.69, 9.17) is 16.3 Å². The molecule has 3 aromatic rings. The second-order valence-corrected chi connectivity index (χ2v) is 7.05. The summed E-state index contributed by atoms with van der Waals surface area (Å²) in [5, 5.41) is 11.2. The Balaban J connectivity index is 1.86. The predicted molar refractivity (Wildman–Crippen MR) is 110 cm³/mol. The molecule has 8 heteroatoms. The van der Waals surface area contributed by atoms with E-state index >= 15 is 0 Å². The fourth-order valence-corrected chi connectivity index (χ4v) is 3.01. The molecule has 0 amide bonds. The van der Waals surface area contributed by atoms with Crippen LogP contribution in [-0.4, -0.2) is 16.1 Å². The number of rotatable bonds is 6. The van der Waals surface area contributed by atoms with Gasteiger partial charge in [-0.2, -0.15) is 13.2 Å². The quantitative estimate of drug-likeness (QED) is 0.394. The van der Waals surface area contributed by atoms with Gasteiger partial charge >= 0.3 is 12.1 Å². The number of pyridine rings is 1. The third-order valence-corrected chi connectivity index (χ3v) is 4.56. The summed E-state index contributed by atoms with van der Waals surface area (Å²) in [6, 6.07) is 14.3. The Morgan fingerprint density at radius 3 is 2.58 bits per heavy atom. The van der Waals surface area contributed by atoms with Crippen LogP contribution in [0.4, 0.5) is 13.2 Å². The number of carbonyl (C=O) groups is 1. The van der Waals surface area contributed by atoms with Gasteiger partial charge in [-0.25, -0.2) is 4.79 Å². The lowest BCUT2D eigenvalue weighted by atomic mass is 10.0. The van der Waals surface area contributed by atoms with Crippen molar-refractivity contribution in [1.82, 2.24) is 4.98 Å². The summed E-state index contributed by atoms with van der Waals surface area (Å²) >= 11 is 5.99. The van der Waals surface area contributed by atoms with Gasteiger partial charge in [0.05, 0.1) is 11.1 Å². The molecule has 0 aliphatic heterocycles. The number of esters is 1. The molecule has 0 saturated heterocycles. The predicted octanol–water partition coefficient (Wildman–Crippen LogP) is 5.61. The molecule has 0 aliphatic rings. The molecule has 4 nitrogen and oxygen atoms in total. The third-order valence-electron chi connectivity index (χ3n) is 4.33. The molecule has 1 atom stereocenters. The molecule has 0 bridgehead atoms. The molecule has 0 fully saturated rings. The molecule has 3 rings (SSSR count). The maximum Gasteiger partial charge on any atom is 0.416 e. The Morgan fingerprint density at radius 1 is 1.13 bits per heavy atom. The van der Waals surface area contributed by atoms with E-state index in [0.717, 1.165) is 12.1 Å². The molecule has 1 heterocycles. The van der Waals surface area contributed by atoms with E-state index in [9.17, 15) is 23.1 Å². The molecule has 2 aromatic carbocycles.